The maximum absolute atomic E-state index is 13.7. The topological polar surface area (TPSA) is 103 Å². The van der Waals surface area contributed by atoms with Gasteiger partial charge in [-0.1, -0.05) is 18.2 Å². The molecule has 0 bridgehead atoms. The third-order valence-electron chi connectivity index (χ3n) is 4.74. The van der Waals surface area contributed by atoms with Gasteiger partial charge in [-0.15, -0.1) is 0 Å². The molecule has 0 aliphatic heterocycles. The number of phenols is 1. The van der Waals surface area contributed by atoms with Gasteiger partial charge in [-0.25, -0.2) is 4.39 Å². The number of fused-ring (bicyclic) bond motifs is 1. The molecule has 2 atom stereocenters. The van der Waals surface area contributed by atoms with Crippen LogP contribution < -0.4 is 0 Å². The van der Waals surface area contributed by atoms with Gasteiger partial charge in [0, 0.05) is 42.8 Å². The summed E-state index contributed by atoms with van der Waals surface area (Å²) >= 11 is 0. The van der Waals surface area contributed by atoms with E-state index in [4.69, 9.17) is 14.7 Å². The molecule has 164 valence electrons. The highest BCUT2D eigenvalue weighted by atomic mass is 19.1. The lowest BCUT2D eigenvalue weighted by Crippen LogP contribution is -2.19. The lowest BCUT2D eigenvalue weighted by molar-refractivity contribution is -0.139. The van der Waals surface area contributed by atoms with Crippen molar-refractivity contribution in [2.45, 2.75) is 44.8 Å². The number of aliphatic carboxylic acids is 1. The second-order valence-electron chi connectivity index (χ2n) is 7.07. The Morgan fingerprint density at radius 2 is 1.94 bits per heavy atom. The van der Waals surface area contributed by atoms with Gasteiger partial charge in [0.25, 0.3) is 0 Å². The van der Waals surface area contributed by atoms with Crippen molar-refractivity contribution in [3.63, 3.8) is 0 Å². The van der Waals surface area contributed by atoms with Crippen molar-refractivity contribution in [1.82, 2.24) is 4.57 Å². The molecule has 31 heavy (non-hydrogen) atoms. The summed E-state index contributed by atoms with van der Waals surface area (Å²) in [5.74, 6) is -2.12. The number of hydrogen-bond acceptors (Lipinski definition) is 4. The smallest absolute Gasteiger partial charge is 0.305 e. The first-order valence-electron chi connectivity index (χ1n) is 12.9. The molecule has 0 aliphatic carbocycles. The summed E-state index contributed by atoms with van der Waals surface area (Å²) in [5.41, 5.74) is 0.241. The molecule has 3 aromatic rings. The van der Waals surface area contributed by atoms with Gasteiger partial charge in [0.1, 0.15) is 11.6 Å². The largest absolute Gasteiger partial charge is 0.508 e. The van der Waals surface area contributed by atoms with Crippen LogP contribution in [0.25, 0.3) is 28.1 Å². The average Bonchev–Trinajstić information content (AvgIpc) is 3.08. The van der Waals surface area contributed by atoms with Crippen LogP contribution in [-0.2, 0) is 4.79 Å². The minimum absolute atomic E-state index is 0.0376. The Balaban J connectivity index is 2.39. The number of carboxylic acids is 1. The molecule has 0 saturated heterocycles. The number of aliphatic hydroxyl groups is 2. The van der Waals surface area contributed by atoms with Crippen LogP contribution >= 0.6 is 0 Å². The van der Waals surface area contributed by atoms with Crippen LogP contribution in [0.3, 0.4) is 0 Å². The standard InChI is InChI=1S/C24H26FNO5/c1-14(2)26-21-9-7-18(28)12-20(21)24(15-3-5-16(25)6-4-15)22(26)10-8-17(27)11-19(29)13-23(30)31/h3-10,12,14,17,19,27-29H,11,13H2,1-2H3,(H,30,31)/b10-8+/t17-,19-/m1/s1/i1D3,2D3,14D. The fourth-order valence-electron chi connectivity index (χ4n) is 3.46. The van der Waals surface area contributed by atoms with E-state index in [9.17, 15) is 24.5 Å². The van der Waals surface area contributed by atoms with Crippen LogP contribution in [0.4, 0.5) is 4.39 Å². The van der Waals surface area contributed by atoms with Gasteiger partial charge < -0.3 is 25.0 Å². The first kappa shape index (κ1) is 14.8. The molecule has 1 aromatic heterocycles. The molecule has 7 heteroatoms. The van der Waals surface area contributed by atoms with E-state index in [1.807, 2.05) is 0 Å². The second kappa shape index (κ2) is 9.32. The maximum atomic E-state index is 13.7. The Kier molecular flexibility index (Phi) is 4.44. The van der Waals surface area contributed by atoms with Gasteiger partial charge >= 0.3 is 5.97 Å². The van der Waals surface area contributed by atoms with Gasteiger partial charge in [0.2, 0.25) is 0 Å². The van der Waals surface area contributed by atoms with E-state index in [0.717, 1.165) is 28.9 Å². The predicted octanol–water partition coefficient (Wildman–Crippen LogP) is 4.33. The van der Waals surface area contributed by atoms with Crippen molar-refractivity contribution in [2.75, 3.05) is 0 Å². The quantitative estimate of drug-likeness (QED) is 0.423. The predicted molar refractivity (Wildman–Crippen MR) is 117 cm³/mol. The van der Waals surface area contributed by atoms with Gasteiger partial charge in [0.15, 0.2) is 0 Å². The highest BCUT2D eigenvalue weighted by Crippen LogP contribution is 2.39. The number of aromatic hydroxyl groups is 1. The molecule has 0 saturated carbocycles. The number of aromatic nitrogens is 1. The van der Waals surface area contributed by atoms with E-state index in [1.165, 1.54) is 30.3 Å². The molecular weight excluding hydrogens is 401 g/mol. The summed E-state index contributed by atoms with van der Waals surface area (Å²) < 4.78 is 71.4. The molecule has 2 aromatic carbocycles. The zero-order valence-corrected chi connectivity index (χ0v) is 16.3. The molecule has 6 nitrogen and oxygen atoms in total. The van der Waals surface area contributed by atoms with Crippen molar-refractivity contribution in [3.8, 4) is 16.9 Å². The Bertz CT molecular complexity index is 1340. The normalized spacial score (nSPS) is 18.4. The van der Waals surface area contributed by atoms with E-state index in [-0.39, 0.29) is 27.9 Å². The van der Waals surface area contributed by atoms with Gasteiger partial charge in [-0.2, -0.15) is 0 Å². The minimum Gasteiger partial charge on any atom is -0.508 e. The summed E-state index contributed by atoms with van der Waals surface area (Å²) in [5, 5.41) is 39.5. The van der Waals surface area contributed by atoms with Gasteiger partial charge in [-0.3, -0.25) is 4.79 Å². The molecule has 0 amide bonds. The van der Waals surface area contributed by atoms with Crippen LogP contribution in [0.15, 0.2) is 48.5 Å². The summed E-state index contributed by atoms with van der Waals surface area (Å²) in [6.07, 6.45) is -1.63. The Morgan fingerprint density at radius 3 is 2.58 bits per heavy atom. The molecule has 1 heterocycles. The number of hydrogen-bond donors (Lipinski definition) is 4. The number of phenolic OH excluding ortho intramolecular Hbond substituents is 1. The number of carbonyl (C=O) groups is 1. The van der Waals surface area contributed by atoms with Crippen molar-refractivity contribution in [1.29, 1.82) is 0 Å². The van der Waals surface area contributed by atoms with Crippen LogP contribution in [-0.4, -0.2) is 43.2 Å². The van der Waals surface area contributed by atoms with E-state index in [1.54, 1.807) is 0 Å². The van der Waals surface area contributed by atoms with Crippen molar-refractivity contribution >= 4 is 22.9 Å². The molecule has 0 unspecified atom stereocenters. The zero-order valence-electron chi connectivity index (χ0n) is 23.3. The molecule has 3 rings (SSSR count). The molecule has 0 spiro atoms. The number of benzene rings is 2. The molecule has 0 fully saturated rings. The van der Waals surface area contributed by atoms with E-state index in [0.29, 0.717) is 5.56 Å². The first-order chi connectivity index (χ1) is 17.5. The van der Waals surface area contributed by atoms with Gasteiger partial charge in [-0.05, 0) is 55.7 Å². The Labute approximate surface area is 189 Å². The van der Waals surface area contributed by atoms with E-state index < -0.39 is 56.6 Å². The first-order valence-corrected chi connectivity index (χ1v) is 9.37. The van der Waals surface area contributed by atoms with Crippen LogP contribution in [0, 0.1) is 5.82 Å². The lowest BCUT2D eigenvalue weighted by atomic mass is 10.0. The van der Waals surface area contributed by atoms with Crippen LogP contribution in [0.1, 0.15) is 47.9 Å². The highest BCUT2D eigenvalue weighted by molar-refractivity contribution is 6.01. The third kappa shape index (κ3) is 5.13. The number of aliphatic hydroxyl groups excluding tert-OH is 2. The fourth-order valence-corrected chi connectivity index (χ4v) is 3.46. The second-order valence-corrected chi connectivity index (χ2v) is 7.07. The van der Waals surface area contributed by atoms with Crippen LogP contribution in [0.5, 0.6) is 5.75 Å². The Hall–Kier alpha value is -3.16. The Morgan fingerprint density at radius 1 is 1.23 bits per heavy atom. The van der Waals surface area contributed by atoms with E-state index in [2.05, 4.69) is 0 Å². The summed E-state index contributed by atoms with van der Waals surface area (Å²) in [7, 11) is 0. The summed E-state index contributed by atoms with van der Waals surface area (Å²) in [4.78, 5) is 10.8. The highest BCUT2D eigenvalue weighted by Gasteiger charge is 2.20. The van der Waals surface area contributed by atoms with Gasteiger partial charge in [0.05, 0.1) is 20.0 Å². The fraction of sp³-hybridized carbons (Fsp3) is 0.292. The molecular formula is C24H26FNO5. The van der Waals surface area contributed by atoms with Crippen molar-refractivity contribution in [2.24, 2.45) is 0 Å². The molecule has 0 radical (unpaired) electrons. The summed E-state index contributed by atoms with van der Waals surface area (Å²) in [6.45, 7) is -6.80. The average molecular weight is 435 g/mol. The lowest BCUT2D eigenvalue weighted by Gasteiger charge is -2.15. The number of halogens is 1. The van der Waals surface area contributed by atoms with Crippen LogP contribution in [0.2, 0.25) is 0 Å². The summed E-state index contributed by atoms with van der Waals surface area (Å²) in [6, 6.07) is 5.37. The van der Waals surface area contributed by atoms with E-state index >= 15 is 0 Å². The minimum atomic E-state index is -3.40. The monoisotopic (exact) mass is 434 g/mol. The third-order valence-corrected chi connectivity index (χ3v) is 4.74. The number of nitrogens with zero attached hydrogens (tertiary/aromatic N) is 1. The number of rotatable bonds is 8. The maximum Gasteiger partial charge on any atom is 0.305 e. The zero-order chi connectivity index (χ0) is 28.6. The van der Waals surface area contributed by atoms with Crippen molar-refractivity contribution < 1.29 is 39.2 Å². The molecule has 0 aliphatic rings. The van der Waals surface area contributed by atoms with Crippen molar-refractivity contribution in [3.05, 3.63) is 60.1 Å². The SMILES string of the molecule is [2H]C([2H])([2H])C([2H])(n1c(/C=C/[C@@H](O)C[C@@H](O)CC(=O)O)c(-c2ccc(F)cc2)c2cc(O)ccc21)C([2H])([2H])[2H]. The number of carboxylic acid groups (broad SMARTS) is 1. The molecule has 4 N–H and O–H groups in total.